The molecule has 62 valence electrons. The van der Waals surface area contributed by atoms with Gasteiger partial charge in [-0.3, -0.25) is 4.98 Å². The first kappa shape index (κ1) is 8.89. The van der Waals surface area contributed by atoms with Gasteiger partial charge in [0.05, 0.1) is 17.3 Å². The highest BCUT2D eigenvalue weighted by Crippen LogP contribution is 2.18. The molecule has 0 aliphatic rings. The molecule has 0 radical (unpaired) electrons. The van der Waals surface area contributed by atoms with Crippen molar-refractivity contribution in [1.82, 2.24) is 4.98 Å². The van der Waals surface area contributed by atoms with Gasteiger partial charge in [-0.2, -0.15) is 0 Å². The summed E-state index contributed by atoms with van der Waals surface area (Å²) in [5.41, 5.74) is 0.870. The maximum atomic E-state index is 5.83. The van der Waals surface area contributed by atoms with E-state index < -0.39 is 0 Å². The number of halogens is 1. The molecule has 1 heterocycles. The molecule has 0 aliphatic heterocycles. The van der Waals surface area contributed by atoms with E-state index in [1.165, 1.54) is 0 Å². The topological polar surface area (TPSA) is 24.9 Å². The highest BCUT2D eigenvalue weighted by atomic mass is 35.5. The predicted octanol–water partition coefficient (Wildman–Crippen LogP) is 2.17. The molecule has 1 N–H and O–H groups in total. The van der Waals surface area contributed by atoms with E-state index in [-0.39, 0.29) is 0 Å². The summed E-state index contributed by atoms with van der Waals surface area (Å²) in [5.74, 6) is 5.67. The Bertz CT molecular complexity index is 312. The number of pyridine rings is 1. The summed E-state index contributed by atoms with van der Waals surface area (Å²) in [6.07, 6.45) is 3.29. The monoisotopic (exact) mass is 180 g/mol. The van der Waals surface area contributed by atoms with E-state index in [9.17, 15) is 0 Å². The molecular weight excluding hydrogens is 172 g/mol. The fourth-order valence-electron chi connectivity index (χ4n) is 0.746. The molecule has 2 nitrogen and oxygen atoms in total. The van der Waals surface area contributed by atoms with Crippen LogP contribution < -0.4 is 5.32 Å². The van der Waals surface area contributed by atoms with Gasteiger partial charge in [-0.05, 0) is 13.0 Å². The zero-order chi connectivity index (χ0) is 8.81. The SMILES string of the molecule is CC#CCNc1ccncc1Cl. The summed E-state index contributed by atoms with van der Waals surface area (Å²) in [4.78, 5) is 3.87. The van der Waals surface area contributed by atoms with Gasteiger partial charge < -0.3 is 5.32 Å². The van der Waals surface area contributed by atoms with Crippen LogP contribution in [0.2, 0.25) is 5.02 Å². The van der Waals surface area contributed by atoms with E-state index in [0.717, 1.165) is 5.69 Å². The fraction of sp³-hybridized carbons (Fsp3) is 0.222. The third kappa shape index (κ3) is 2.44. The van der Waals surface area contributed by atoms with E-state index >= 15 is 0 Å². The van der Waals surface area contributed by atoms with Gasteiger partial charge in [-0.15, -0.1) is 5.92 Å². The molecule has 1 aromatic rings. The van der Waals surface area contributed by atoms with Crippen molar-refractivity contribution < 1.29 is 0 Å². The van der Waals surface area contributed by atoms with Crippen LogP contribution >= 0.6 is 11.6 Å². The predicted molar refractivity (Wildman–Crippen MR) is 51.2 cm³/mol. The van der Waals surface area contributed by atoms with Crippen LogP contribution in [0.15, 0.2) is 18.5 Å². The number of aromatic nitrogens is 1. The van der Waals surface area contributed by atoms with Gasteiger partial charge in [0.25, 0.3) is 0 Å². The summed E-state index contributed by atoms with van der Waals surface area (Å²) in [6, 6.07) is 1.82. The van der Waals surface area contributed by atoms with E-state index in [2.05, 4.69) is 22.1 Å². The lowest BCUT2D eigenvalue weighted by Gasteiger charge is -2.02. The van der Waals surface area contributed by atoms with Crippen LogP contribution in [0.5, 0.6) is 0 Å². The maximum Gasteiger partial charge on any atom is 0.0820 e. The lowest BCUT2D eigenvalue weighted by atomic mass is 10.4. The van der Waals surface area contributed by atoms with Crippen molar-refractivity contribution in [1.29, 1.82) is 0 Å². The first-order valence-electron chi connectivity index (χ1n) is 3.57. The average Bonchev–Trinajstić information content (AvgIpc) is 2.09. The molecule has 0 saturated carbocycles. The van der Waals surface area contributed by atoms with Crippen molar-refractivity contribution in [3.63, 3.8) is 0 Å². The maximum absolute atomic E-state index is 5.83. The smallest absolute Gasteiger partial charge is 0.0820 e. The molecule has 0 aromatic carbocycles. The van der Waals surface area contributed by atoms with Gasteiger partial charge in [0, 0.05) is 12.4 Å². The zero-order valence-electron chi connectivity index (χ0n) is 6.76. The van der Waals surface area contributed by atoms with Gasteiger partial charge in [0.2, 0.25) is 0 Å². The van der Waals surface area contributed by atoms with Crippen molar-refractivity contribution in [3.05, 3.63) is 23.5 Å². The minimum atomic E-state index is 0.611. The first-order chi connectivity index (χ1) is 5.84. The van der Waals surface area contributed by atoms with Gasteiger partial charge in [0.1, 0.15) is 0 Å². The zero-order valence-corrected chi connectivity index (χ0v) is 7.52. The molecule has 3 heteroatoms. The Morgan fingerprint density at radius 3 is 3.17 bits per heavy atom. The lowest BCUT2D eigenvalue weighted by Crippen LogP contribution is -1.98. The van der Waals surface area contributed by atoms with Crippen LogP contribution in [0.1, 0.15) is 6.92 Å². The van der Waals surface area contributed by atoms with Gasteiger partial charge >= 0.3 is 0 Å². The van der Waals surface area contributed by atoms with Crippen LogP contribution in [0.4, 0.5) is 5.69 Å². The quantitative estimate of drug-likeness (QED) is 0.706. The highest BCUT2D eigenvalue weighted by Gasteiger charge is 1.95. The minimum absolute atomic E-state index is 0.611. The fourth-order valence-corrected chi connectivity index (χ4v) is 0.933. The lowest BCUT2D eigenvalue weighted by molar-refractivity contribution is 1.29. The third-order valence-electron chi connectivity index (χ3n) is 1.32. The number of hydrogen-bond acceptors (Lipinski definition) is 2. The number of nitrogens with one attached hydrogen (secondary N) is 1. The molecule has 0 bridgehead atoms. The van der Waals surface area contributed by atoms with Crippen LogP contribution in [-0.2, 0) is 0 Å². The highest BCUT2D eigenvalue weighted by molar-refractivity contribution is 6.33. The van der Waals surface area contributed by atoms with Crippen LogP contribution in [0.3, 0.4) is 0 Å². The molecule has 0 aliphatic carbocycles. The van der Waals surface area contributed by atoms with Crippen molar-refractivity contribution in [2.24, 2.45) is 0 Å². The van der Waals surface area contributed by atoms with Crippen LogP contribution in [0, 0.1) is 11.8 Å². The van der Waals surface area contributed by atoms with E-state index in [0.29, 0.717) is 11.6 Å². The summed E-state index contributed by atoms with van der Waals surface area (Å²) >= 11 is 5.83. The number of anilines is 1. The molecule has 12 heavy (non-hydrogen) atoms. The van der Waals surface area contributed by atoms with Gasteiger partial charge in [0.15, 0.2) is 0 Å². The van der Waals surface area contributed by atoms with Crippen molar-refractivity contribution in [2.75, 3.05) is 11.9 Å². The van der Waals surface area contributed by atoms with Crippen molar-refractivity contribution >= 4 is 17.3 Å². The molecule has 0 fully saturated rings. The molecule has 1 rings (SSSR count). The normalized spacial score (nSPS) is 8.50. The van der Waals surface area contributed by atoms with Gasteiger partial charge in [-0.1, -0.05) is 17.5 Å². The van der Waals surface area contributed by atoms with Gasteiger partial charge in [-0.25, -0.2) is 0 Å². The average molecular weight is 181 g/mol. The Morgan fingerprint density at radius 1 is 1.67 bits per heavy atom. The first-order valence-corrected chi connectivity index (χ1v) is 3.95. The summed E-state index contributed by atoms with van der Waals surface area (Å²) in [5, 5.41) is 3.69. The standard InChI is InChI=1S/C9H9ClN2/c1-2-3-5-12-9-4-6-11-7-8(9)10/h4,6-7H,5H2,1H3,(H,11,12). The van der Waals surface area contributed by atoms with Crippen LogP contribution in [-0.4, -0.2) is 11.5 Å². The second-order valence-electron chi connectivity index (χ2n) is 2.14. The largest absolute Gasteiger partial charge is 0.373 e. The molecule has 0 unspecified atom stereocenters. The molecule has 0 spiro atoms. The molecular formula is C9H9ClN2. The molecule has 0 atom stereocenters. The second kappa shape index (κ2) is 4.63. The Labute approximate surface area is 77.0 Å². The Kier molecular flexibility index (Phi) is 3.43. The molecule has 0 amide bonds. The summed E-state index contributed by atoms with van der Waals surface area (Å²) in [6.45, 7) is 2.41. The molecule has 0 saturated heterocycles. The Balaban J connectivity index is 2.61. The molecule has 1 aromatic heterocycles. The Hall–Kier alpha value is -1.20. The number of nitrogens with zero attached hydrogens (tertiary/aromatic N) is 1. The van der Waals surface area contributed by atoms with E-state index in [4.69, 9.17) is 11.6 Å². The third-order valence-corrected chi connectivity index (χ3v) is 1.62. The van der Waals surface area contributed by atoms with Crippen molar-refractivity contribution in [2.45, 2.75) is 6.92 Å². The second-order valence-corrected chi connectivity index (χ2v) is 2.54. The number of rotatable bonds is 2. The van der Waals surface area contributed by atoms with E-state index in [1.54, 1.807) is 19.3 Å². The summed E-state index contributed by atoms with van der Waals surface area (Å²) in [7, 11) is 0. The summed E-state index contributed by atoms with van der Waals surface area (Å²) < 4.78 is 0. The van der Waals surface area contributed by atoms with E-state index in [1.807, 2.05) is 6.07 Å². The van der Waals surface area contributed by atoms with Crippen LogP contribution in [0.25, 0.3) is 0 Å². The number of hydrogen-bond donors (Lipinski definition) is 1. The Morgan fingerprint density at radius 2 is 2.50 bits per heavy atom. The minimum Gasteiger partial charge on any atom is -0.373 e. The van der Waals surface area contributed by atoms with Crippen molar-refractivity contribution in [3.8, 4) is 11.8 Å².